The van der Waals surface area contributed by atoms with Crippen molar-refractivity contribution in [2.45, 2.75) is 51.4 Å². The maximum Gasteiger partial charge on any atom is 0.222 e. The molecule has 0 aliphatic carbocycles. The van der Waals surface area contributed by atoms with Gasteiger partial charge in [0, 0.05) is 29.3 Å². The van der Waals surface area contributed by atoms with E-state index in [4.69, 9.17) is 16.3 Å². The smallest absolute Gasteiger partial charge is 0.222 e. The Morgan fingerprint density at radius 2 is 1.78 bits per heavy atom. The van der Waals surface area contributed by atoms with E-state index in [1.807, 2.05) is 51.1 Å². The largest absolute Gasteiger partial charge is 0.365 e. The average molecular weight is 390 g/mol. The Morgan fingerprint density at radius 3 is 2.37 bits per heavy atom. The third kappa shape index (κ3) is 4.88. The number of carbonyl (C=O) groups excluding carboxylic acids is 1. The zero-order valence-electron chi connectivity index (χ0n) is 15.8. The van der Waals surface area contributed by atoms with E-state index in [2.05, 4.69) is 5.32 Å². The maximum absolute atomic E-state index is 13.8. The minimum absolute atomic E-state index is 0.00671. The van der Waals surface area contributed by atoms with Crippen molar-refractivity contribution in [1.29, 1.82) is 0 Å². The molecule has 1 fully saturated rings. The van der Waals surface area contributed by atoms with Gasteiger partial charge in [0.2, 0.25) is 5.91 Å². The Balaban J connectivity index is 1.92. The SMILES string of the molecule is CC(C)C(=O)N[C@@]1(C)C[C@@H](c2ccc(Cl)cc2)O[C@@H](c2cccc(F)c2)C1. The first-order valence-electron chi connectivity index (χ1n) is 9.24. The van der Waals surface area contributed by atoms with Gasteiger partial charge in [-0.05, 0) is 42.3 Å². The van der Waals surface area contributed by atoms with E-state index in [1.54, 1.807) is 6.07 Å². The molecule has 1 amide bonds. The Morgan fingerprint density at radius 1 is 1.15 bits per heavy atom. The van der Waals surface area contributed by atoms with E-state index in [0.717, 1.165) is 11.1 Å². The van der Waals surface area contributed by atoms with Crippen molar-refractivity contribution in [2.75, 3.05) is 0 Å². The second-order valence-corrected chi connectivity index (χ2v) is 8.27. The van der Waals surface area contributed by atoms with Crippen LogP contribution in [-0.2, 0) is 9.53 Å². The van der Waals surface area contributed by atoms with Crippen LogP contribution in [0.1, 0.15) is 56.9 Å². The second kappa shape index (κ2) is 7.99. The molecule has 2 aromatic carbocycles. The summed E-state index contributed by atoms with van der Waals surface area (Å²) in [5, 5.41) is 3.84. The summed E-state index contributed by atoms with van der Waals surface area (Å²) in [5.74, 6) is -0.392. The third-order valence-electron chi connectivity index (χ3n) is 5.01. The van der Waals surface area contributed by atoms with Crippen molar-refractivity contribution >= 4 is 17.5 Å². The van der Waals surface area contributed by atoms with Crippen molar-refractivity contribution < 1.29 is 13.9 Å². The van der Waals surface area contributed by atoms with Gasteiger partial charge in [-0.15, -0.1) is 0 Å². The van der Waals surface area contributed by atoms with Crippen molar-refractivity contribution in [3.05, 3.63) is 70.5 Å². The fourth-order valence-electron chi connectivity index (χ4n) is 3.52. The standard InChI is InChI=1S/C22H25ClFNO2/c1-14(2)21(26)25-22(3)12-19(15-7-9-17(23)10-8-15)27-20(13-22)16-5-4-6-18(24)11-16/h4-11,14,19-20H,12-13H2,1-3H3,(H,25,26)/t19-,20+,22-/m0/s1. The van der Waals surface area contributed by atoms with Crippen LogP contribution in [0, 0.1) is 11.7 Å². The Labute approximate surface area is 164 Å². The van der Waals surface area contributed by atoms with Crippen LogP contribution >= 0.6 is 11.6 Å². The number of rotatable bonds is 4. The normalized spacial score (nSPS) is 25.4. The Kier molecular flexibility index (Phi) is 5.87. The molecule has 3 nitrogen and oxygen atoms in total. The van der Waals surface area contributed by atoms with E-state index >= 15 is 0 Å². The minimum Gasteiger partial charge on any atom is -0.365 e. The molecule has 144 valence electrons. The molecule has 3 atom stereocenters. The molecule has 2 aromatic rings. The lowest BCUT2D eigenvalue weighted by atomic mass is 9.81. The molecule has 0 unspecified atom stereocenters. The molecule has 0 radical (unpaired) electrons. The van der Waals surface area contributed by atoms with Gasteiger partial charge in [0.05, 0.1) is 12.2 Å². The summed E-state index contributed by atoms with van der Waals surface area (Å²) in [7, 11) is 0. The lowest BCUT2D eigenvalue weighted by Gasteiger charge is -2.43. The number of amides is 1. The van der Waals surface area contributed by atoms with E-state index in [9.17, 15) is 9.18 Å². The lowest BCUT2D eigenvalue weighted by Crippen LogP contribution is -2.52. The highest BCUT2D eigenvalue weighted by atomic mass is 35.5. The van der Waals surface area contributed by atoms with Crippen molar-refractivity contribution in [2.24, 2.45) is 5.92 Å². The van der Waals surface area contributed by atoms with Crippen LogP contribution in [0.25, 0.3) is 0 Å². The fraction of sp³-hybridized carbons (Fsp3) is 0.409. The van der Waals surface area contributed by atoms with Crippen LogP contribution in [-0.4, -0.2) is 11.4 Å². The van der Waals surface area contributed by atoms with Crippen molar-refractivity contribution in [3.63, 3.8) is 0 Å². The monoisotopic (exact) mass is 389 g/mol. The molecular formula is C22H25ClFNO2. The predicted molar refractivity (Wildman–Crippen MR) is 105 cm³/mol. The Bertz CT molecular complexity index is 808. The summed E-state index contributed by atoms with van der Waals surface area (Å²) in [6.07, 6.45) is 0.687. The first kappa shape index (κ1) is 19.8. The first-order valence-corrected chi connectivity index (χ1v) is 9.62. The van der Waals surface area contributed by atoms with Gasteiger partial charge < -0.3 is 10.1 Å². The summed E-state index contributed by atoms with van der Waals surface area (Å²) < 4.78 is 20.1. The molecule has 1 saturated heterocycles. The molecule has 1 aliphatic rings. The van der Waals surface area contributed by atoms with Crippen LogP contribution in [0.15, 0.2) is 48.5 Å². The predicted octanol–water partition coefficient (Wildman–Crippen LogP) is 5.60. The first-order chi connectivity index (χ1) is 12.8. The number of ether oxygens (including phenoxy) is 1. The van der Waals surface area contributed by atoms with Gasteiger partial charge in [-0.2, -0.15) is 0 Å². The van der Waals surface area contributed by atoms with Crippen LogP contribution < -0.4 is 5.32 Å². The van der Waals surface area contributed by atoms with Gasteiger partial charge in [0.1, 0.15) is 5.82 Å². The molecule has 1 N–H and O–H groups in total. The zero-order valence-corrected chi connectivity index (χ0v) is 16.6. The highest BCUT2D eigenvalue weighted by Crippen LogP contribution is 2.44. The van der Waals surface area contributed by atoms with Crippen molar-refractivity contribution in [3.8, 4) is 0 Å². The molecule has 5 heteroatoms. The molecule has 0 spiro atoms. The summed E-state index contributed by atoms with van der Waals surface area (Å²) in [5.41, 5.74) is 1.31. The van der Waals surface area contributed by atoms with Crippen LogP contribution in [0.2, 0.25) is 5.02 Å². The fourth-order valence-corrected chi connectivity index (χ4v) is 3.64. The second-order valence-electron chi connectivity index (χ2n) is 7.83. The molecule has 0 bridgehead atoms. The van der Waals surface area contributed by atoms with Crippen molar-refractivity contribution in [1.82, 2.24) is 5.32 Å². The van der Waals surface area contributed by atoms with E-state index < -0.39 is 5.54 Å². The summed E-state index contributed by atoms with van der Waals surface area (Å²) >= 11 is 6.01. The number of carbonyl (C=O) groups is 1. The molecule has 0 saturated carbocycles. The number of halogens is 2. The van der Waals surface area contributed by atoms with E-state index in [-0.39, 0.29) is 29.9 Å². The van der Waals surface area contributed by atoms with Gasteiger partial charge in [0.25, 0.3) is 0 Å². The number of nitrogens with one attached hydrogen (secondary N) is 1. The topological polar surface area (TPSA) is 38.3 Å². The third-order valence-corrected chi connectivity index (χ3v) is 5.26. The molecular weight excluding hydrogens is 365 g/mol. The number of hydrogen-bond acceptors (Lipinski definition) is 2. The number of benzene rings is 2. The maximum atomic E-state index is 13.8. The summed E-state index contributed by atoms with van der Waals surface area (Å²) in [4.78, 5) is 12.4. The van der Waals surface area contributed by atoms with Gasteiger partial charge >= 0.3 is 0 Å². The van der Waals surface area contributed by atoms with E-state index in [0.29, 0.717) is 17.9 Å². The Hall–Kier alpha value is -1.91. The van der Waals surface area contributed by atoms with Crippen LogP contribution in [0.5, 0.6) is 0 Å². The summed E-state index contributed by atoms with van der Waals surface area (Å²) in [6, 6.07) is 14.0. The molecule has 3 rings (SSSR count). The molecule has 27 heavy (non-hydrogen) atoms. The van der Waals surface area contributed by atoms with Crippen LogP contribution in [0.4, 0.5) is 4.39 Å². The van der Waals surface area contributed by atoms with Gasteiger partial charge in [-0.1, -0.05) is 49.7 Å². The highest BCUT2D eigenvalue weighted by Gasteiger charge is 2.40. The van der Waals surface area contributed by atoms with Gasteiger partial charge in [-0.25, -0.2) is 4.39 Å². The zero-order chi connectivity index (χ0) is 19.6. The number of hydrogen-bond donors (Lipinski definition) is 1. The van der Waals surface area contributed by atoms with Gasteiger partial charge in [0.15, 0.2) is 0 Å². The molecule has 1 heterocycles. The van der Waals surface area contributed by atoms with E-state index in [1.165, 1.54) is 12.1 Å². The van der Waals surface area contributed by atoms with Crippen LogP contribution in [0.3, 0.4) is 0 Å². The van der Waals surface area contributed by atoms with Gasteiger partial charge in [-0.3, -0.25) is 4.79 Å². The highest BCUT2D eigenvalue weighted by molar-refractivity contribution is 6.30. The summed E-state index contributed by atoms with van der Waals surface area (Å²) in [6.45, 7) is 5.78. The molecule has 0 aromatic heterocycles. The average Bonchev–Trinajstić information content (AvgIpc) is 2.61. The quantitative estimate of drug-likeness (QED) is 0.738. The minimum atomic E-state index is -0.457. The lowest BCUT2D eigenvalue weighted by molar-refractivity contribution is -0.131. The molecule has 1 aliphatic heterocycles.